The molecule has 0 N–H and O–H groups in total. The van der Waals surface area contributed by atoms with Gasteiger partial charge in [0, 0.05) is 56.5 Å². The number of carbonyl (C=O) groups is 1. The van der Waals surface area contributed by atoms with Crippen LogP contribution in [0, 0.1) is 0 Å². The van der Waals surface area contributed by atoms with Crippen molar-refractivity contribution in [2.75, 3.05) is 50.7 Å². The maximum absolute atomic E-state index is 12.8. The van der Waals surface area contributed by atoms with E-state index in [1.54, 1.807) is 23.7 Å². The van der Waals surface area contributed by atoms with Crippen LogP contribution in [0.2, 0.25) is 0 Å². The number of anilines is 1. The van der Waals surface area contributed by atoms with E-state index in [0.29, 0.717) is 0 Å². The lowest BCUT2D eigenvalue weighted by molar-refractivity contribution is 0.0743. The monoisotopic (exact) mass is 435 g/mol. The van der Waals surface area contributed by atoms with Crippen molar-refractivity contribution >= 4 is 35.6 Å². The second-order valence-corrected chi connectivity index (χ2v) is 8.59. The van der Waals surface area contributed by atoms with E-state index in [0.717, 1.165) is 83.0 Å². The fourth-order valence-electron chi connectivity index (χ4n) is 4.06. The molecule has 4 heterocycles. The van der Waals surface area contributed by atoms with Gasteiger partial charge in [-0.05, 0) is 56.2 Å². The van der Waals surface area contributed by atoms with Gasteiger partial charge in [-0.3, -0.25) is 9.69 Å². The van der Waals surface area contributed by atoms with Gasteiger partial charge in [0.05, 0.1) is 5.56 Å². The molecule has 8 heteroatoms. The number of aromatic nitrogens is 2. The van der Waals surface area contributed by atoms with Crippen LogP contribution in [0.15, 0.2) is 29.9 Å². The fourth-order valence-corrected chi connectivity index (χ4v) is 4.98. The minimum Gasteiger partial charge on any atom is -0.339 e. The van der Waals surface area contributed by atoms with E-state index >= 15 is 0 Å². The predicted octanol–water partition coefficient (Wildman–Crippen LogP) is 3.34. The molecule has 1 amide bonds. The Hall–Kier alpha value is -1.70. The van der Waals surface area contributed by atoms with E-state index in [-0.39, 0.29) is 18.3 Å². The van der Waals surface area contributed by atoms with Crippen molar-refractivity contribution in [1.82, 2.24) is 19.8 Å². The Bertz CT molecular complexity index is 763. The summed E-state index contributed by atoms with van der Waals surface area (Å²) >= 11 is 1.73. The standard InChI is InChI=1S/C21H29N5OS.ClH/c27-20-18-7-17-28-19(18)6-1-2-11-25(20)12-4-3-10-24-13-15-26(16-14-24)21-22-8-5-9-23-21;/h5,7-9,17H,1-4,6,10-16H2;1H. The Balaban J connectivity index is 0.00000240. The number of amides is 1. The largest absolute Gasteiger partial charge is 0.339 e. The number of thiophene rings is 1. The van der Waals surface area contributed by atoms with E-state index < -0.39 is 0 Å². The quantitative estimate of drug-likeness (QED) is 0.651. The van der Waals surface area contributed by atoms with Crippen molar-refractivity contribution in [2.24, 2.45) is 0 Å². The number of nitrogens with zero attached hydrogens (tertiary/aromatic N) is 5. The highest BCUT2D eigenvalue weighted by molar-refractivity contribution is 7.10. The highest BCUT2D eigenvalue weighted by Crippen LogP contribution is 2.23. The lowest BCUT2D eigenvalue weighted by Crippen LogP contribution is -2.47. The van der Waals surface area contributed by atoms with Crippen LogP contribution in [0.3, 0.4) is 0 Å². The molecule has 1 fully saturated rings. The average molecular weight is 436 g/mol. The van der Waals surface area contributed by atoms with Crippen molar-refractivity contribution in [2.45, 2.75) is 32.1 Å². The van der Waals surface area contributed by atoms with Crippen LogP contribution < -0.4 is 4.90 Å². The van der Waals surface area contributed by atoms with Crippen molar-refractivity contribution in [1.29, 1.82) is 0 Å². The molecule has 2 aromatic heterocycles. The number of halogens is 1. The summed E-state index contributed by atoms with van der Waals surface area (Å²) in [7, 11) is 0. The summed E-state index contributed by atoms with van der Waals surface area (Å²) in [5.41, 5.74) is 0.948. The van der Waals surface area contributed by atoms with Crippen molar-refractivity contribution < 1.29 is 4.79 Å². The van der Waals surface area contributed by atoms with Gasteiger partial charge >= 0.3 is 0 Å². The van der Waals surface area contributed by atoms with Gasteiger partial charge < -0.3 is 9.80 Å². The molecule has 0 radical (unpaired) electrons. The summed E-state index contributed by atoms with van der Waals surface area (Å²) in [6.07, 6.45) is 9.20. The van der Waals surface area contributed by atoms with Crippen LogP contribution in [-0.4, -0.2) is 71.5 Å². The first kappa shape index (κ1) is 22.0. The summed E-state index contributed by atoms with van der Waals surface area (Å²) < 4.78 is 0. The SMILES string of the molecule is Cl.O=C1c2ccsc2CCCCN1CCCCN1CCN(c2ncccn2)CC1. The molecule has 0 bridgehead atoms. The molecule has 0 aromatic carbocycles. The van der Waals surface area contributed by atoms with Crippen LogP contribution in [0.1, 0.15) is 40.9 Å². The Kier molecular flexibility index (Phi) is 8.27. The topological polar surface area (TPSA) is 52.6 Å². The Labute approximate surface area is 183 Å². The predicted molar refractivity (Wildman–Crippen MR) is 120 cm³/mol. The van der Waals surface area contributed by atoms with E-state index in [1.807, 2.05) is 12.1 Å². The van der Waals surface area contributed by atoms with Gasteiger partial charge in [0.1, 0.15) is 0 Å². The molecule has 0 spiro atoms. The second-order valence-electron chi connectivity index (χ2n) is 7.59. The molecule has 0 unspecified atom stereocenters. The summed E-state index contributed by atoms with van der Waals surface area (Å²) in [5.74, 6) is 1.08. The number of unbranched alkanes of at least 4 members (excludes halogenated alkanes) is 1. The summed E-state index contributed by atoms with van der Waals surface area (Å²) in [6, 6.07) is 3.87. The van der Waals surface area contributed by atoms with Gasteiger partial charge in [0.15, 0.2) is 0 Å². The van der Waals surface area contributed by atoms with Gasteiger partial charge in [-0.2, -0.15) is 0 Å². The third-order valence-corrected chi connectivity index (χ3v) is 6.69. The molecule has 2 aliphatic heterocycles. The lowest BCUT2D eigenvalue weighted by Gasteiger charge is -2.34. The summed E-state index contributed by atoms with van der Waals surface area (Å²) in [6.45, 7) is 6.97. The number of hydrogen-bond acceptors (Lipinski definition) is 6. The average Bonchev–Trinajstić information content (AvgIpc) is 3.20. The zero-order valence-electron chi connectivity index (χ0n) is 16.8. The van der Waals surface area contributed by atoms with Crippen molar-refractivity contribution in [3.05, 3.63) is 40.3 Å². The van der Waals surface area contributed by atoms with Crippen molar-refractivity contribution in [3.63, 3.8) is 0 Å². The Morgan fingerprint density at radius 1 is 0.966 bits per heavy atom. The first-order chi connectivity index (χ1) is 13.8. The Morgan fingerprint density at radius 2 is 1.72 bits per heavy atom. The smallest absolute Gasteiger partial charge is 0.254 e. The van der Waals surface area contributed by atoms with Gasteiger partial charge in [0.25, 0.3) is 5.91 Å². The van der Waals surface area contributed by atoms with Gasteiger partial charge in [0.2, 0.25) is 5.95 Å². The minimum absolute atomic E-state index is 0. The molecule has 2 aromatic rings. The number of rotatable bonds is 6. The molecule has 158 valence electrons. The van der Waals surface area contributed by atoms with Crippen molar-refractivity contribution in [3.8, 4) is 0 Å². The number of aryl methyl sites for hydroxylation is 1. The zero-order valence-corrected chi connectivity index (χ0v) is 18.5. The third-order valence-electron chi connectivity index (χ3n) is 5.70. The van der Waals surface area contributed by atoms with Crippen LogP contribution in [0.5, 0.6) is 0 Å². The molecule has 0 atom stereocenters. The van der Waals surface area contributed by atoms with Crippen LogP contribution in [-0.2, 0) is 6.42 Å². The first-order valence-electron chi connectivity index (χ1n) is 10.4. The zero-order chi connectivity index (χ0) is 19.2. The lowest BCUT2D eigenvalue weighted by atomic mass is 10.1. The van der Waals surface area contributed by atoms with E-state index in [2.05, 4.69) is 30.0 Å². The summed E-state index contributed by atoms with van der Waals surface area (Å²) in [4.78, 5) is 29.6. The normalized spacial score (nSPS) is 18.0. The van der Waals surface area contributed by atoms with E-state index in [1.165, 1.54) is 11.3 Å². The van der Waals surface area contributed by atoms with Gasteiger partial charge in [-0.15, -0.1) is 23.7 Å². The van der Waals surface area contributed by atoms with E-state index in [4.69, 9.17) is 0 Å². The van der Waals surface area contributed by atoms with Gasteiger partial charge in [-0.25, -0.2) is 9.97 Å². The number of carbonyl (C=O) groups excluding carboxylic acids is 1. The van der Waals surface area contributed by atoms with E-state index in [9.17, 15) is 4.79 Å². The number of fused-ring (bicyclic) bond motifs is 1. The first-order valence-corrected chi connectivity index (χ1v) is 11.3. The molecular formula is C21H30ClN5OS. The molecule has 1 saturated heterocycles. The molecule has 4 rings (SSSR count). The maximum atomic E-state index is 12.8. The fraction of sp³-hybridized carbons (Fsp3) is 0.571. The summed E-state index contributed by atoms with van der Waals surface area (Å²) in [5, 5.41) is 2.06. The Morgan fingerprint density at radius 3 is 2.52 bits per heavy atom. The van der Waals surface area contributed by atoms with Gasteiger partial charge in [-0.1, -0.05) is 0 Å². The highest BCUT2D eigenvalue weighted by Gasteiger charge is 2.22. The molecule has 29 heavy (non-hydrogen) atoms. The maximum Gasteiger partial charge on any atom is 0.254 e. The molecule has 0 saturated carbocycles. The second kappa shape index (κ2) is 10.9. The third kappa shape index (κ3) is 5.68. The molecule has 2 aliphatic rings. The van der Waals surface area contributed by atoms with Crippen LogP contribution in [0.25, 0.3) is 0 Å². The van der Waals surface area contributed by atoms with Crippen LogP contribution >= 0.6 is 23.7 Å². The highest BCUT2D eigenvalue weighted by atomic mass is 35.5. The minimum atomic E-state index is 0. The van der Waals surface area contributed by atoms with Crippen LogP contribution in [0.4, 0.5) is 5.95 Å². The molecule has 6 nitrogen and oxygen atoms in total. The number of hydrogen-bond donors (Lipinski definition) is 0. The molecular weight excluding hydrogens is 406 g/mol. The number of piperazine rings is 1. The molecule has 0 aliphatic carbocycles.